The van der Waals surface area contributed by atoms with Crippen molar-refractivity contribution in [2.24, 2.45) is 10.7 Å². The first kappa shape index (κ1) is 7.56. The van der Waals surface area contributed by atoms with E-state index in [1.165, 1.54) is 11.8 Å². The van der Waals surface area contributed by atoms with E-state index >= 15 is 0 Å². The van der Waals surface area contributed by atoms with E-state index < -0.39 is 5.97 Å². The molecule has 0 aromatic carbocycles. The number of rotatable bonds is 1. The Hall–Kier alpha value is -0.550. The maximum atomic E-state index is 10.5. The van der Waals surface area contributed by atoms with Gasteiger partial charge in [0.05, 0.1) is 13.1 Å². The molecule has 0 fully saturated rings. The number of hydrogen-bond donors (Lipinski definition) is 1. The fraction of sp³-hybridized carbons (Fsp3) is 0.600. The smallest absolute Gasteiger partial charge is 0.326 e. The lowest BCUT2D eigenvalue weighted by atomic mass is 10.7. The highest BCUT2D eigenvalue weighted by Gasteiger charge is 2.11. The van der Waals surface area contributed by atoms with Crippen LogP contribution in [-0.4, -0.2) is 30.0 Å². The van der Waals surface area contributed by atoms with E-state index in [2.05, 4.69) is 4.99 Å². The van der Waals surface area contributed by atoms with Crippen molar-refractivity contribution in [2.75, 3.05) is 18.8 Å². The first-order chi connectivity index (χ1) is 4.83. The standard InChI is InChI=1S/C5H8N2O2S/c6-3-4(8)9-5-7-1-2-10-5/h1-3,6H2. The normalized spacial score (nSPS) is 16.7. The molecule has 0 spiro atoms. The minimum Gasteiger partial charge on any atom is -0.401 e. The van der Waals surface area contributed by atoms with Gasteiger partial charge in [0.2, 0.25) is 0 Å². The molecule has 0 aromatic heterocycles. The van der Waals surface area contributed by atoms with Crippen molar-refractivity contribution < 1.29 is 9.53 Å². The van der Waals surface area contributed by atoms with Gasteiger partial charge in [-0.25, -0.2) is 4.99 Å². The molecule has 1 rings (SSSR count). The molecule has 4 nitrogen and oxygen atoms in total. The fourth-order valence-corrected chi connectivity index (χ4v) is 1.21. The topological polar surface area (TPSA) is 64.7 Å². The van der Waals surface area contributed by atoms with Crippen molar-refractivity contribution in [1.29, 1.82) is 0 Å². The van der Waals surface area contributed by atoms with Crippen LogP contribution in [0.15, 0.2) is 4.99 Å². The number of carbonyl (C=O) groups is 1. The van der Waals surface area contributed by atoms with E-state index in [4.69, 9.17) is 10.5 Å². The average molecular weight is 160 g/mol. The molecular formula is C5H8N2O2S. The predicted octanol–water partition coefficient (Wildman–Crippen LogP) is -0.409. The molecule has 0 saturated carbocycles. The summed E-state index contributed by atoms with van der Waals surface area (Å²) in [6.45, 7) is 0.650. The molecule has 0 atom stereocenters. The molecule has 0 saturated heterocycles. The second kappa shape index (κ2) is 3.58. The van der Waals surface area contributed by atoms with Crippen LogP contribution in [0, 0.1) is 0 Å². The number of nitrogens with two attached hydrogens (primary N) is 1. The number of carbonyl (C=O) groups excluding carboxylic acids is 1. The van der Waals surface area contributed by atoms with Crippen LogP contribution in [0.4, 0.5) is 0 Å². The second-order valence-electron chi connectivity index (χ2n) is 1.67. The Kier molecular flexibility index (Phi) is 2.70. The molecule has 0 bridgehead atoms. The monoisotopic (exact) mass is 160 g/mol. The summed E-state index contributed by atoms with van der Waals surface area (Å²) in [5.74, 6) is 0.473. The van der Waals surface area contributed by atoms with Gasteiger partial charge in [0.1, 0.15) is 0 Å². The van der Waals surface area contributed by atoms with Crippen molar-refractivity contribution in [1.82, 2.24) is 0 Å². The SMILES string of the molecule is NCC(=O)OC1=NCCS1. The first-order valence-electron chi connectivity index (χ1n) is 2.91. The maximum Gasteiger partial charge on any atom is 0.326 e. The summed E-state index contributed by atoms with van der Waals surface area (Å²) in [5.41, 5.74) is 5.01. The highest BCUT2D eigenvalue weighted by molar-refractivity contribution is 8.13. The number of thioether (sulfide) groups is 1. The van der Waals surface area contributed by atoms with Gasteiger partial charge in [-0.2, -0.15) is 0 Å². The van der Waals surface area contributed by atoms with Gasteiger partial charge in [-0.15, -0.1) is 0 Å². The average Bonchev–Trinajstić information content (AvgIpc) is 2.40. The van der Waals surface area contributed by atoms with Crippen LogP contribution in [0.5, 0.6) is 0 Å². The van der Waals surface area contributed by atoms with E-state index in [9.17, 15) is 4.79 Å². The Labute approximate surface area is 62.8 Å². The predicted molar refractivity (Wildman–Crippen MR) is 39.9 cm³/mol. The molecule has 1 heterocycles. The van der Waals surface area contributed by atoms with Crippen LogP contribution >= 0.6 is 11.8 Å². The van der Waals surface area contributed by atoms with Crippen LogP contribution in [0.25, 0.3) is 0 Å². The second-order valence-corrected chi connectivity index (χ2v) is 2.72. The molecular weight excluding hydrogens is 152 g/mol. The zero-order valence-corrected chi connectivity index (χ0v) is 6.19. The zero-order chi connectivity index (χ0) is 7.40. The molecule has 5 heteroatoms. The molecule has 1 aliphatic rings. The first-order valence-corrected chi connectivity index (χ1v) is 3.89. The highest BCUT2D eigenvalue weighted by Crippen LogP contribution is 2.11. The third-order valence-corrected chi connectivity index (χ3v) is 1.77. The van der Waals surface area contributed by atoms with Crippen LogP contribution < -0.4 is 5.73 Å². The molecule has 2 N–H and O–H groups in total. The third-order valence-electron chi connectivity index (χ3n) is 0.926. The number of nitrogens with zero attached hydrogens (tertiary/aromatic N) is 1. The number of aliphatic imine (C=N–C) groups is 1. The van der Waals surface area contributed by atoms with Gasteiger partial charge >= 0.3 is 5.97 Å². The van der Waals surface area contributed by atoms with Gasteiger partial charge in [-0.05, 0) is 0 Å². The summed E-state index contributed by atoms with van der Waals surface area (Å²) in [4.78, 5) is 14.4. The number of esters is 1. The van der Waals surface area contributed by atoms with Gasteiger partial charge in [-0.3, -0.25) is 4.79 Å². The maximum absolute atomic E-state index is 10.5. The molecule has 0 unspecified atom stereocenters. The summed E-state index contributed by atoms with van der Waals surface area (Å²) < 4.78 is 4.71. The van der Waals surface area contributed by atoms with Gasteiger partial charge in [-0.1, -0.05) is 11.8 Å². The van der Waals surface area contributed by atoms with Gasteiger partial charge in [0.15, 0.2) is 0 Å². The summed E-state index contributed by atoms with van der Waals surface area (Å²) in [5, 5.41) is 0.454. The van der Waals surface area contributed by atoms with Gasteiger partial charge < -0.3 is 10.5 Å². The van der Waals surface area contributed by atoms with E-state index in [-0.39, 0.29) is 6.54 Å². The lowest BCUT2D eigenvalue weighted by Gasteiger charge is -1.97. The Morgan fingerprint density at radius 1 is 1.90 bits per heavy atom. The lowest BCUT2D eigenvalue weighted by Crippen LogP contribution is -2.18. The van der Waals surface area contributed by atoms with Gasteiger partial charge in [0.25, 0.3) is 5.23 Å². The molecule has 0 radical (unpaired) electrons. The summed E-state index contributed by atoms with van der Waals surface area (Å²) in [6.07, 6.45) is 0. The van der Waals surface area contributed by atoms with Crippen LogP contribution in [0.1, 0.15) is 0 Å². The molecule has 0 aromatic rings. The molecule has 0 aliphatic carbocycles. The van der Waals surface area contributed by atoms with E-state index in [1.54, 1.807) is 0 Å². The van der Waals surface area contributed by atoms with Crippen molar-refractivity contribution in [2.45, 2.75) is 0 Å². The van der Waals surface area contributed by atoms with Gasteiger partial charge in [0, 0.05) is 5.75 Å². The Morgan fingerprint density at radius 3 is 3.20 bits per heavy atom. The molecule has 10 heavy (non-hydrogen) atoms. The van der Waals surface area contributed by atoms with Crippen LogP contribution in [-0.2, 0) is 9.53 Å². The van der Waals surface area contributed by atoms with Crippen molar-refractivity contribution in [3.05, 3.63) is 0 Å². The summed E-state index contributed by atoms with van der Waals surface area (Å²) in [6, 6.07) is 0. The third kappa shape index (κ3) is 2.00. The molecule has 1 aliphatic heterocycles. The lowest BCUT2D eigenvalue weighted by molar-refractivity contribution is -0.133. The van der Waals surface area contributed by atoms with E-state index in [1.807, 2.05) is 0 Å². The minimum absolute atomic E-state index is 0.0838. The largest absolute Gasteiger partial charge is 0.401 e. The Morgan fingerprint density at radius 2 is 2.70 bits per heavy atom. The number of hydrogen-bond acceptors (Lipinski definition) is 5. The quantitative estimate of drug-likeness (QED) is 0.530. The van der Waals surface area contributed by atoms with Crippen LogP contribution in [0.2, 0.25) is 0 Å². The van der Waals surface area contributed by atoms with Crippen molar-refractivity contribution >= 4 is 23.0 Å². The molecule has 0 amide bonds. The van der Waals surface area contributed by atoms with Crippen molar-refractivity contribution in [3.63, 3.8) is 0 Å². The minimum atomic E-state index is -0.423. The Balaban J connectivity index is 2.30. The van der Waals surface area contributed by atoms with Crippen molar-refractivity contribution in [3.8, 4) is 0 Å². The Bertz CT molecular complexity index is 169. The molecule has 56 valence electrons. The van der Waals surface area contributed by atoms with Crippen LogP contribution in [0.3, 0.4) is 0 Å². The number of ether oxygens (including phenoxy) is 1. The summed E-state index contributed by atoms with van der Waals surface area (Å²) in [7, 11) is 0. The van der Waals surface area contributed by atoms with E-state index in [0.717, 1.165) is 12.3 Å². The fourth-order valence-electron chi connectivity index (χ4n) is 0.516. The van der Waals surface area contributed by atoms with E-state index in [0.29, 0.717) is 5.23 Å². The summed E-state index contributed by atoms with van der Waals surface area (Å²) >= 11 is 1.44. The zero-order valence-electron chi connectivity index (χ0n) is 5.37. The highest BCUT2D eigenvalue weighted by atomic mass is 32.2.